The van der Waals surface area contributed by atoms with Crippen LogP contribution in [0.15, 0.2) is 48.5 Å². The fourth-order valence-corrected chi connectivity index (χ4v) is 1.79. The van der Waals surface area contributed by atoms with Gasteiger partial charge >= 0.3 is 0 Å². The molecule has 0 saturated heterocycles. The van der Waals surface area contributed by atoms with Crippen LogP contribution in [0.5, 0.6) is 5.75 Å². The van der Waals surface area contributed by atoms with Gasteiger partial charge in [-0.1, -0.05) is 26.0 Å². The number of ether oxygens (including phenoxy) is 1. The lowest BCUT2D eigenvalue weighted by molar-refractivity contribution is 0.415. The van der Waals surface area contributed by atoms with Crippen molar-refractivity contribution in [1.29, 1.82) is 0 Å². The number of nitrogens with one attached hydrogen (secondary N) is 1. The van der Waals surface area contributed by atoms with Gasteiger partial charge in [0.15, 0.2) is 0 Å². The van der Waals surface area contributed by atoms with Crippen LogP contribution < -0.4 is 10.1 Å². The van der Waals surface area contributed by atoms with Crippen molar-refractivity contribution in [3.63, 3.8) is 0 Å². The Hall–Kier alpha value is -1.96. The van der Waals surface area contributed by atoms with Crippen molar-refractivity contribution in [2.75, 3.05) is 12.4 Å². The summed E-state index contributed by atoms with van der Waals surface area (Å²) in [6.45, 7) is 4.40. The highest BCUT2D eigenvalue weighted by Crippen LogP contribution is 2.22. The van der Waals surface area contributed by atoms with Gasteiger partial charge in [-0.25, -0.2) is 0 Å². The molecular formula is C16H19NO. The van der Waals surface area contributed by atoms with Crippen molar-refractivity contribution in [2.24, 2.45) is 0 Å². The topological polar surface area (TPSA) is 21.3 Å². The number of methoxy groups -OCH3 is 1. The number of anilines is 2. The third-order valence-corrected chi connectivity index (χ3v) is 2.96. The Bertz CT molecular complexity index is 486. The first-order chi connectivity index (χ1) is 8.69. The Morgan fingerprint density at radius 1 is 0.833 bits per heavy atom. The predicted octanol–water partition coefficient (Wildman–Crippen LogP) is 4.56. The summed E-state index contributed by atoms with van der Waals surface area (Å²) in [5, 5.41) is 3.37. The van der Waals surface area contributed by atoms with Crippen LogP contribution in [0.1, 0.15) is 25.3 Å². The predicted molar refractivity (Wildman–Crippen MR) is 76.8 cm³/mol. The second-order valence-corrected chi connectivity index (χ2v) is 4.63. The summed E-state index contributed by atoms with van der Waals surface area (Å²) in [4.78, 5) is 0. The average molecular weight is 241 g/mol. The quantitative estimate of drug-likeness (QED) is 0.847. The van der Waals surface area contributed by atoms with Crippen LogP contribution in [-0.2, 0) is 0 Å². The minimum absolute atomic E-state index is 0.569. The molecule has 0 aliphatic heterocycles. The molecule has 2 aromatic rings. The molecular weight excluding hydrogens is 222 g/mol. The average Bonchev–Trinajstić information content (AvgIpc) is 2.40. The van der Waals surface area contributed by atoms with Gasteiger partial charge in [-0.2, -0.15) is 0 Å². The van der Waals surface area contributed by atoms with Crippen molar-refractivity contribution in [2.45, 2.75) is 19.8 Å². The SMILES string of the molecule is COc1ccc(Nc2ccc(C(C)C)cc2)cc1. The van der Waals surface area contributed by atoms with Gasteiger partial charge < -0.3 is 10.1 Å². The highest BCUT2D eigenvalue weighted by atomic mass is 16.5. The van der Waals surface area contributed by atoms with Gasteiger partial charge in [0.2, 0.25) is 0 Å². The van der Waals surface area contributed by atoms with Crippen LogP contribution in [-0.4, -0.2) is 7.11 Å². The van der Waals surface area contributed by atoms with Gasteiger partial charge in [-0.3, -0.25) is 0 Å². The molecule has 0 fully saturated rings. The summed E-state index contributed by atoms with van der Waals surface area (Å²) in [7, 11) is 1.67. The van der Waals surface area contributed by atoms with Crippen molar-refractivity contribution in [3.8, 4) is 5.75 Å². The minimum Gasteiger partial charge on any atom is -0.497 e. The van der Waals surface area contributed by atoms with E-state index in [0.717, 1.165) is 17.1 Å². The summed E-state index contributed by atoms with van der Waals surface area (Å²) in [6, 6.07) is 16.5. The van der Waals surface area contributed by atoms with Gasteiger partial charge in [0, 0.05) is 11.4 Å². The molecule has 0 aromatic heterocycles. The zero-order chi connectivity index (χ0) is 13.0. The molecule has 0 spiro atoms. The van der Waals surface area contributed by atoms with Crippen LogP contribution in [0, 0.1) is 0 Å². The lowest BCUT2D eigenvalue weighted by Gasteiger charge is -2.09. The molecule has 2 rings (SSSR count). The van der Waals surface area contributed by atoms with Gasteiger partial charge in [-0.15, -0.1) is 0 Å². The molecule has 0 amide bonds. The molecule has 1 N–H and O–H groups in total. The van der Waals surface area contributed by atoms with Gasteiger partial charge in [-0.05, 0) is 47.9 Å². The molecule has 0 radical (unpaired) electrons. The van der Waals surface area contributed by atoms with E-state index in [1.54, 1.807) is 7.11 Å². The largest absolute Gasteiger partial charge is 0.497 e. The first-order valence-electron chi connectivity index (χ1n) is 6.20. The third-order valence-electron chi connectivity index (χ3n) is 2.96. The summed E-state index contributed by atoms with van der Waals surface area (Å²) in [5.74, 6) is 1.44. The van der Waals surface area contributed by atoms with E-state index in [1.807, 2.05) is 24.3 Å². The van der Waals surface area contributed by atoms with E-state index in [2.05, 4.69) is 43.4 Å². The van der Waals surface area contributed by atoms with E-state index in [4.69, 9.17) is 4.74 Å². The van der Waals surface area contributed by atoms with E-state index in [1.165, 1.54) is 5.56 Å². The Morgan fingerprint density at radius 2 is 1.33 bits per heavy atom. The summed E-state index contributed by atoms with van der Waals surface area (Å²) < 4.78 is 5.13. The lowest BCUT2D eigenvalue weighted by atomic mass is 10.0. The molecule has 0 atom stereocenters. The number of hydrogen-bond donors (Lipinski definition) is 1. The van der Waals surface area contributed by atoms with E-state index in [9.17, 15) is 0 Å². The van der Waals surface area contributed by atoms with Crippen molar-refractivity contribution in [3.05, 3.63) is 54.1 Å². The second-order valence-electron chi connectivity index (χ2n) is 4.63. The lowest BCUT2D eigenvalue weighted by Crippen LogP contribution is -1.92. The van der Waals surface area contributed by atoms with E-state index < -0.39 is 0 Å². The van der Waals surface area contributed by atoms with Gasteiger partial charge in [0.25, 0.3) is 0 Å². The van der Waals surface area contributed by atoms with Crippen LogP contribution >= 0.6 is 0 Å². The maximum absolute atomic E-state index is 5.13. The van der Waals surface area contributed by atoms with E-state index >= 15 is 0 Å². The Balaban J connectivity index is 2.08. The molecule has 0 heterocycles. The fraction of sp³-hybridized carbons (Fsp3) is 0.250. The van der Waals surface area contributed by atoms with Crippen LogP contribution in [0.4, 0.5) is 11.4 Å². The fourth-order valence-electron chi connectivity index (χ4n) is 1.79. The van der Waals surface area contributed by atoms with E-state index in [-0.39, 0.29) is 0 Å². The summed E-state index contributed by atoms with van der Waals surface area (Å²) >= 11 is 0. The zero-order valence-electron chi connectivity index (χ0n) is 11.1. The molecule has 2 nitrogen and oxygen atoms in total. The van der Waals surface area contributed by atoms with Crippen LogP contribution in [0.3, 0.4) is 0 Å². The van der Waals surface area contributed by atoms with Crippen LogP contribution in [0.25, 0.3) is 0 Å². The van der Waals surface area contributed by atoms with Gasteiger partial charge in [0.1, 0.15) is 5.75 Å². The van der Waals surface area contributed by atoms with Crippen molar-refractivity contribution < 1.29 is 4.74 Å². The first-order valence-corrected chi connectivity index (χ1v) is 6.20. The minimum atomic E-state index is 0.569. The van der Waals surface area contributed by atoms with E-state index in [0.29, 0.717) is 5.92 Å². The normalized spacial score (nSPS) is 10.4. The molecule has 0 aliphatic rings. The third kappa shape index (κ3) is 3.04. The maximum atomic E-state index is 5.13. The first kappa shape index (κ1) is 12.5. The molecule has 0 aliphatic carbocycles. The standard InChI is InChI=1S/C16H19NO/c1-12(2)13-4-6-14(7-5-13)17-15-8-10-16(18-3)11-9-15/h4-12,17H,1-3H3. The van der Waals surface area contributed by atoms with Crippen molar-refractivity contribution in [1.82, 2.24) is 0 Å². The maximum Gasteiger partial charge on any atom is 0.119 e. The Labute approximate surface area is 109 Å². The molecule has 0 bridgehead atoms. The molecule has 2 aromatic carbocycles. The Morgan fingerprint density at radius 3 is 1.78 bits per heavy atom. The summed E-state index contributed by atoms with van der Waals surface area (Å²) in [5.41, 5.74) is 3.52. The number of hydrogen-bond acceptors (Lipinski definition) is 2. The number of rotatable bonds is 4. The van der Waals surface area contributed by atoms with Crippen LogP contribution in [0.2, 0.25) is 0 Å². The zero-order valence-corrected chi connectivity index (χ0v) is 11.1. The molecule has 18 heavy (non-hydrogen) atoms. The number of benzene rings is 2. The molecule has 0 unspecified atom stereocenters. The highest BCUT2D eigenvalue weighted by Gasteiger charge is 1.99. The highest BCUT2D eigenvalue weighted by molar-refractivity contribution is 5.60. The molecule has 0 saturated carbocycles. The second kappa shape index (κ2) is 5.58. The van der Waals surface area contributed by atoms with Crippen molar-refractivity contribution >= 4 is 11.4 Å². The monoisotopic (exact) mass is 241 g/mol. The van der Waals surface area contributed by atoms with Gasteiger partial charge in [0.05, 0.1) is 7.11 Å². The summed E-state index contributed by atoms with van der Waals surface area (Å²) in [6.07, 6.45) is 0. The molecule has 94 valence electrons. The Kier molecular flexibility index (Phi) is 3.88. The molecule has 2 heteroatoms. The smallest absolute Gasteiger partial charge is 0.119 e.